The molecule has 0 fully saturated rings. The summed E-state index contributed by atoms with van der Waals surface area (Å²) >= 11 is 6.69. The number of aromatic nitrogens is 2. The van der Waals surface area contributed by atoms with Gasteiger partial charge in [-0.05, 0) is 17.7 Å². The Morgan fingerprint density at radius 3 is 2.83 bits per heavy atom. The van der Waals surface area contributed by atoms with Gasteiger partial charge in [0.2, 0.25) is 5.13 Å². The number of benzene rings is 1. The number of hydrogen-bond donors (Lipinski definition) is 1. The van der Waals surface area contributed by atoms with Crippen LogP contribution in [-0.4, -0.2) is 16.7 Å². The number of thioether (sulfide) groups is 1. The van der Waals surface area contributed by atoms with E-state index in [1.165, 1.54) is 5.56 Å². The van der Waals surface area contributed by atoms with E-state index in [-0.39, 0.29) is 0 Å². The molecule has 2 aromatic rings. The predicted molar refractivity (Wildman–Crippen MR) is 82.3 cm³/mol. The average Bonchev–Trinajstić information content (AvgIpc) is 2.84. The third-order valence-corrected chi connectivity index (χ3v) is 4.69. The van der Waals surface area contributed by atoms with E-state index in [9.17, 15) is 0 Å². The summed E-state index contributed by atoms with van der Waals surface area (Å²) in [6.45, 7) is 4.36. The molecule has 0 saturated carbocycles. The van der Waals surface area contributed by atoms with Gasteiger partial charge in [0, 0.05) is 16.8 Å². The van der Waals surface area contributed by atoms with Crippen molar-refractivity contribution in [2.45, 2.75) is 10.1 Å². The summed E-state index contributed by atoms with van der Waals surface area (Å²) in [5.74, 6) is 0.906. The van der Waals surface area contributed by atoms with Crippen LogP contribution in [-0.2, 0) is 5.75 Å². The van der Waals surface area contributed by atoms with E-state index in [1.54, 1.807) is 29.2 Å². The van der Waals surface area contributed by atoms with Crippen molar-refractivity contribution in [3.05, 3.63) is 47.0 Å². The van der Waals surface area contributed by atoms with E-state index in [0.717, 1.165) is 19.7 Å². The number of hydrogen-bond acceptors (Lipinski definition) is 5. The first kappa shape index (κ1) is 13.6. The fourth-order valence-electron chi connectivity index (χ4n) is 1.22. The Bertz CT molecular complexity index is 510. The van der Waals surface area contributed by atoms with E-state index in [0.29, 0.717) is 6.54 Å². The van der Waals surface area contributed by atoms with Crippen LogP contribution in [0.15, 0.2) is 45.7 Å². The minimum absolute atomic E-state index is 0.714. The van der Waals surface area contributed by atoms with Crippen molar-refractivity contribution >= 4 is 44.2 Å². The summed E-state index contributed by atoms with van der Waals surface area (Å²) in [7, 11) is 0. The van der Waals surface area contributed by atoms with E-state index in [4.69, 9.17) is 0 Å². The Morgan fingerprint density at radius 2 is 2.11 bits per heavy atom. The first-order chi connectivity index (χ1) is 8.78. The van der Waals surface area contributed by atoms with Crippen LogP contribution in [0.3, 0.4) is 0 Å². The molecule has 18 heavy (non-hydrogen) atoms. The van der Waals surface area contributed by atoms with Crippen LogP contribution in [0.4, 0.5) is 5.13 Å². The Morgan fingerprint density at radius 1 is 1.33 bits per heavy atom. The van der Waals surface area contributed by atoms with Gasteiger partial charge in [0.1, 0.15) is 0 Å². The molecule has 0 saturated heterocycles. The Balaban J connectivity index is 1.87. The lowest BCUT2D eigenvalue weighted by atomic mass is 10.2. The lowest BCUT2D eigenvalue weighted by Gasteiger charge is -1.98. The second kappa shape index (κ2) is 6.92. The molecule has 0 amide bonds. The number of rotatable bonds is 6. The topological polar surface area (TPSA) is 37.8 Å². The second-order valence-electron chi connectivity index (χ2n) is 3.46. The van der Waals surface area contributed by atoms with Gasteiger partial charge in [-0.2, -0.15) is 0 Å². The zero-order valence-electron chi connectivity index (χ0n) is 9.60. The zero-order valence-corrected chi connectivity index (χ0v) is 12.8. The maximum absolute atomic E-state index is 4.13. The standard InChI is InChI=1S/C12H12BrN3S2/c1-2-7-14-11-15-16-12(18-11)17-8-9-3-5-10(13)6-4-9/h2-6H,1,7-8H2,(H,14,15). The summed E-state index contributed by atoms with van der Waals surface area (Å²) in [6, 6.07) is 8.31. The highest BCUT2D eigenvalue weighted by Gasteiger charge is 2.04. The van der Waals surface area contributed by atoms with Gasteiger partial charge < -0.3 is 5.32 Å². The monoisotopic (exact) mass is 341 g/mol. The average molecular weight is 342 g/mol. The molecule has 0 aliphatic heterocycles. The summed E-state index contributed by atoms with van der Waals surface area (Å²) in [5.41, 5.74) is 1.28. The quantitative estimate of drug-likeness (QED) is 0.631. The fourth-order valence-corrected chi connectivity index (χ4v) is 3.20. The molecular weight excluding hydrogens is 330 g/mol. The first-order valence-electron chi connectivity index (χ1n) is 5.33. The van der Waals surface area contributed by atoms with Crippen molar-refractivity contribution in [3.63, 3.8) is 0 Å². The molecule has 1 N–H and O–H groups in total. The molecule has 1 aromatic carbocycles. The van der Waals surface area contributed by atoms with Crippen molar-refractivity contribution in [3.8, 4) is 0 Å². The van der Waals surface area contributed by atoms with Crippen LogP contribution in [0, 0.1) is 0 Å². The van der Waals surface area contributed by atoms with E-state index < -0.39 is 0 Å². The molecular formula is C12H12BrN3S2. The molecule has 0 aliphatic rings. The van der Waals surface area contributed by atoms with Crippen LogP contribution in [0.25, 0.3) is 0 Å². The molecule has 0 radical (unpaired) electrons. The van der Waals surface area contributed by atoms with Crippen molar-refractivity contribution in [2.24, 2.45) is 0 Å². The van der Waals surface area contributed by atoms with Gasteiger partial charge in [-0.3, -0.25) is 0 Å². The maximum atomic E-state index is 4.13. The van der Waals surface area contributed by atoms with Gasteiger partial charge in [0.25, 0.3) is 0 Å². The van der Waals surface area contributed by atoms with E-state index >= 15 is 0 Å². The third-order valence-electron chi connectivity index (χ3n) is 2.08. The van der Waals surface area contributed by atoms with Crippen LogP contribution in [0.2, 0.25) is 0 Å². The summed E-state index contributed by atoms with van der Waals surface area (Å²) < 4.78 is 2.08. The number of nitrogens with one attached hydrogen (secondary N) is 1. The summed E-state index contributed by atoms with van der Waals surface area (Å²) in [6.07, 6.45) is 1.80. The smallest absolute Gasteiger partial charge is 0.206 e. The van der Waals surface area contributed by atoms with Gasteiger partial charge in [0.15, 0.2) is 4.34 Å². The zero-order chi connectivity index (χ0) is 12.8. The normalized spacial score (nSPS) is 10.3. The van der Waals surface area contributed by atoms with Crippen molar-refractivity contribution in [2.75, 3.05) is 11.9 Å². The number of nitrogens with zero attached hydrogens (tertiary/aromatic N) is 2. The SMILES string of the molecule is C=CCNc1nnc(SCc2ccc(Br)cc2)s1. The summed E-state index contributed by atoms with van der Waals surface area (Å²) in [4.78, 5) is 0. The molecule has 94 valence electrons. The van der Waals surface area contributed by atoms with Gasteiger partial charge >= 0.3 is 0 Å². The molecule has 6 heteroatoms. The molecule has 2 rings (SSSR count). The minimum atomic E-state index is 0.714. The number of halogens is 1. The lowest BCUT2D eigenvalue weighted by Crippen LogP contribution is -1.96. The van der Waals surface area contributed by atoms with Crippen LogP contribution < -0.4 is 5.32 Å². The summed E-state index contributed by atoms with van der Waals surface area (Å²) in [5, 5.41) is 12.2. The van der Waals surface area contributed by atoms with E-state index in [1.807, 2.05) is 12.1 Å². The first-order valence-corrected chi connectivity index (χ1v) is 7.93. The minimum Gasteiger partial charge on any atom is -0.357 e. The highest BCUT2D eigenvalue weighted by molar-refractivity contribution is 9.10. The van der Waals surface area contributed by atoms with Gasteiger partial charge in [-0.1, -0.05) is 57.2 Å². The largest absolute Gasteiger partial charge is 0.357 e. The molecule has 1 aromatic heterocycles. The lowest BCUT2D eigenvalue weighted by molar-refractivity contribution is 1.01. The fraction of sp³-hybridized carbons (Fsp3) is 0.167. The molecule has 0 spiro atoms. The molecule has 0 aliphatic carbocycles. The maximum Gasteiger partial charge on any atom is 0.206 e. The molecule has 0 unspecified atom stereocenters. The highest BCUT2D eigenvalue weighted by Crippen LogP contribution is 2.28. The van der Waals surface area contributed by atoms with Gasteiger partial charge in [0.05, 0.1) is 0 Å². The van der Waals surface area contributed by atoms with Gasteiger partial charge in [-0.25, -0.2) is 0 Å². The second-order valence-corrected chi connectivity index (χ2v) is 6.57. The van der Waals surface area contributed by atoms with Crippen molar-refractivity contribution in [1.29, 1.82) is 0 Å². The van der Waals surface area contributed by atoms with Crippen molar-refractivity contribution < 1.29 is 0 Å². The molecule has 3 nitrogen and oxygen atoms in total. The number of anilines is 1. The van der Waals surface area contributed by atoms with Gasteiger partial charge in [-0.15, -0.1) is 16.8 Å². The van der Waals surface area contributed by atoms with Crippen LogP contribution >= 0.6 is 39.0 Å². The molecule has 0 atom stereocenters. The highest BCUT2D eigenvalue weighted by atomic mass is 79.9. The molecule has 0 bridgehead atoms. The Kier molecular flexibility index (Phi) is 5.22. The van der Waals surface area contributed by atoms with Crippen LogP contribution in [0.5, 0.6) is 0 Å². The Labute approximate surface area is 123 Å². The molecule has 1 heterocycles. The Hall–Kier alpha value is -0.850. The third kappa shape index (κ3) is 4.12. The predicted octanol–water partition coefficient (Wildman–Crippen LogP) is 4.19. The van der Waals surface area contributed by atoms with Crippen LogP contribution in [0.1, 0.15) is 5.56 Å². The van der Waals surface area contributed by atoms with E-state index in [2.05, 4.69) is 50.2 Å². The van der Waals surface area contributed by atoms with Crippen molar-refractivity contribution in [1.82, 2.24) is 10.2 Å².